The lowest BCUT2D eigenvalue weighted by Gasteiger charge is -2.44. The van der Waals surface area contributed by atoms with Gasteiger partial charge in [0.05, 0.1) is 12.6 Å². The topological polar surface area (TPSA) is 29.5 Å². The third-order valence-corrected chi connectivity index (χ3v) is 3.24. The van der Waals surface area contributed by atoms with Crippen molar-refractivity contribution in [1.82, 2.24) is 4.90 Å². The molecule has 1 aliphatic heterocycles. The van der Waals surface area contributed by atoms with E-state index in [1.807, 2.05) is 4.90 Å². The standard InChI is InChI=1S/C10H17NO2/c1-13-7-9-5-6-11(9)10(12)8-3-2-4-8/h8-9H,2-7H2,1H3. The number of hydrogen-bond acceptors (Lipinski definition) is 2. The highest BCUT2D eigenvalue weighted by molar-refractivity contribution is 5.80. The van der Waals surface area contributed by atoms with Gasteiger partial charge in [0.2, 0.25) is 5.91 Å². The Hall–Kier alpha value is -0.570. The molecule has 1 saturated carbocycles. The average Bonchev–Trinajstić information content (AvgIpc) is 1.94. The van der Waals surface area contributed by atoms with Crippen molar-refractivity contribution < 1.29 is 9.53 Å². The first-order valence-corrected chi connectivity index (χ1v) is 5.12. The zero-order chi connectivity index (χ0) is 9.26. The summed E-state index contributed by atoms with van der Waals surface area (Å²) >= 11 is 0. The average molecular weight is 183 g/mol. The molecule has 3 nitrogen and oxygen atoms in total. The smallest absolute Gasteiger partial charge is 0.226 e. The van der Waals surface area contributed by atoms with Crippen molar-refractivity contribution >= 4 is 5.91 Å². The molecule has 1 unspecified atom stereocenters. The van der Waals surface area contributed by atoms with Crippen LogP contribution in [0.15, 0.2) is 0 Å². The number of methoxy groups -OCH3 is 1. The number of amides is 1. The van der Waals surface area contributed by atoms with E-state index in [-0.39, 0.29) is 0 Å². The molecule has 1 aliphatic carbocycles. The minimum atomic E-state index is 0.347. The molecule has 2 rings (SSSR count). The number of nitrogens with zero attached hydrogens (tertiary/aromatic N) is 1. The summed E-state index contributed by atoms with van der Waals surface area (Å²) in [4.78, 5) is 13.8. The van der Waals surface area contributed by atoms with E-state index in [1.165, 1.54) is 6.42 Å². The largest absolute Gasteiger partial charge is 0.383 e. The molecule has 0 N–H and O–H groups in total. The van der Waals surface area contributed by atoms with Crippen LogP contribution in [-0.2, 0) is 9.53 Å². The van der Waals surface area contributed by atoms with Gasteiger partial charge in [0.1, 0.15) is 0 Å². The molecule has 0 aromatic heterocycles. The highest BCUT2D eigenvalue weighted by Gasteiger charge is 2.37. The first-order chi connectivity index (χ1) is 6.33. The van der Waals surface area contributed by atoms with Crippen LogP contribution < -0.4 is 0 Å². The van der Waals surface area contributed by atoms with E-state index in [1.54, 1.807) is 7.11 Å². The van der Waals surface area contributed by atoms with E-state index in [0.29, 0.717) is 24.5 Å². The molecule has 1 heterocycles. The zero-order valence-electron chi connectivity index (χ0n) is 8.16. The minimum absolute atomic E-state index is 0.347. The number of likely N-dealkylation sites (tertiary alicyclic amines) is 1. The van der Waals surface area contributed by atoms with Crippen molar-refractivity contribution in [2.24, 2.45) is 5.92 Å². The molecule has 1 saturated heterocycles. The van der Waals surface area contributed by atoms with Gasteiger partial charge in [-0.15, -0.1) is 0 Å². The lowest BCUT2D eigenvalue weighted by Crippen LogP contribution is -2.55. The Morgan fingerprint density at radius 3 is 2.62 bits per heavy atom. The summed E-state index contributed by atoms with van der Waals surface area (Å²) in [7, 11) is 1.70. The Kier molecular flexibility index (Phi) is 2.54. The normalized spacial score (nSPS) is 28.1. The van der Waals surface area contributed by atoms with Crippen molar-refractivity contribution in [2.45, 2.75) is 31.7 Å². The fraction of sp³-hybridized carbons (Fsp3) is 0.900. The molecule has 0 aromatic carbocycles. The van der Waals surface area contributed by atoms with E-state index in [2.05, 4.69) is 0 Å². The van der Waals surface area contributed by atoms with Crippen LogP contribution in [0.2, 0.25) is 0 Å². The number of carbonyl (C=O) groups is 1. The lowest BCUT2D eigenvalue weighted by molar-refractivity contribution is -0.148. The van der Waals surface area contributed by atoms with Crippen LogP contribution in [0.4, 0.5) is 0 Å². The quantitative estimate of drug-likeness (QED) is 0.654. The van der Waals surface area contributed by atoms with Gasteiger partial charge in [-0.3, -0.25) is 4.79 Å². The zero-order valence-corrected chi connectivity index (χ0v) is 8.16. The summed E-state index contributed by atoms with van der Waals surface area (Å²) in [5.74, 6) is 0.721. The van der Waals surface area contributed by atoms with Crippen molar-refractivity contribution in [3.63, 3.8) is 0 Å². The molecule has 74 valence electrons. The molecule has 0 bridgehead atoms. The van der Waals surface area contributed by atoms with E-state index in [9.17, 15) is 4.79 Å². The molecule has 1 atom stereocenters. The predicted octanol–water partition coefficient (Wildman–Crippen LogP) is 1.03. The van der Waals surface area contributed by atoms with Crippen LogP contribution in [0.5, 0.6) is 0 Å². The second kappa shape index (κ2) is 3.66. The Balaban J connectivity index is 1.82. The van der Waals surface area contributed by atoms with Gasteiger partial charge in [-0.2, -0.15) is 0 Å². The van der Waals surface area contributed by atoms with Crippen LogP contribution in [0.3, 0.4) is 0 Å². The van der Waals surface area contributed by atoms with Crippen LogP contribution in [0.1, 0.15) is 25.7 Å². The first-order valence-electron chi connectivity index (χ1n) is 5.12. The molecule has 13 heavy (non-hydrogen) atoms. The third kappa shape index (κ3) is 1.57. The maximum Gasteiger partial charge on any atom is 0.226 e. The van der Waals surface area contributed by atoms with E-state index < -0.39 is 0 Å². The SMILES string of the molecule is COCC1CCN1C(=O)C1CCC1. The maximum absolute atomic E-state index is 11.8. The predicted molar refractivity (Wildman–Crippen MR) is 49.3 cm³/mol. The van der Waals surface area contributed by atoms with Crippen LogP contribution in [-0.4, -0.2) is 37.1 Å². The molecular formula is C10H17NO2. The first kappa shape index (κ1) is 9.00. The van der Waals surface area contributed by atoms with Crippen molar-refractivity contribution in [3.8, 4) is 0 Å². The summed E-state index contributed by atoms with van der Waals surface area (Å²) in [5, 5.41) is 0. The second-order valence-corrected chi connectivity index (χ2v) is 4.06. The van der Waals surface area contributed by atoms with Gasteiger partial charge in [0, 0.05) is 19.6 Å². The minimum Gasteiger partial charge on any atom is -0.383 e. The summed E-state index contributed by atoms with van der Waals surface area (Å²) in [6.07, 6.45) is 4.57. The number of rotatable bonds is 3. The van der Waals surface area contributed by atoms with Gasteiger partial charge in [0.25, 0.3) is 0 Å². The Morgan fingerprint density at radius 2 is 2.23 bits per heavy atom. The van der Waals surface area contributed by atoms with Gasteiger partial charge in [0.15, 0.2) is 0 Å². The number of carbonyl (C=O) groups excluding carboxylic acids is 1. The Bertz CT molecular complexity index is 201. The number of ether oxygens (including phenoxy) is 1. The fourth-order valence-electron chi connectivity index (χ4n) is 1.99. The third-order valence-electron chi connectivity index (χ3n) is 3.24. The molecular weight excluding hydrogens is 166 g/mol. The Morgan fingerprint density at radius 1 is 1.46 bits per heavy atom. The van der Waals surface area contributed by atoms with Gasteiger partial charge < -0.3 is 9.64 Å². The molecule has 3 heteroatoms. The highest BCUT2D eigenvalue weighted by atomic mass is 16.5. The lowest BCUT2D eigenvalue weighted by atomic mass is 9.83. The molecule has 2 fully saturated rings. The van der Waals surface area contributed by atoms with E-state index >= 15 is 0 Å². The molecule has 2 aliphatic rings. The van der Waals surface area contributed by atoms with Gasteiger partial charge in [-0.1, -0.05) is 6.42 Å². The fourth-order valence-corrected chi connectivity index (χ4v) is 1.99. The molecule has 1 amide bonds. The summed E-state index contributed by atoms with van der Waals surface area (Å²) in [5.41, 5.74) is 0. The maximum atomic E-state index is 11.8. The van der Waals surface area contributed by atoms with E-state index in [0.717, 1.165) is 25.8 Å². The van der Waals surface area contributed by atoms with Gasteiger partial charge in [-0.25, -0.2) is 0 Å². The van der Waals surface area contributed by atoms with Crippen LogP contribution in [0, 0.1) is 5.92 Å². The van der Waals surface area contributed by atoms with Gasteiger partial charge in [-0.05, 0) is 19.3 Å². The Labute approximate surface area is 79.0 Å². The van der Waals surface area contributed by atoms with Crippen molar-refractivity contribution in [3.05, 3.63) is 0 Å². The second-order valence-electron chi connectivity index (χ2n) is 4.06. The van der Waals surface area contributed by atoms with Crippen molar-refractivity contribution in [2.75, 3.05) is 20.3 Å². The molecule has 0 aromatic rings. The summed E-state index contributed by atoms with van der Waals surface area (Å²) in [6.45, 7) is 1.65. The summed E-state index contributed by atoms with van der Waals surface area (Å²) in [6, 6.07) is 0.373. The van der Waals surface area contributed by atoms with Crippen molar-refractivity contribution in [1.29, 1.82) is 0 Å². The summed E-state index contributed by atoms with van der Waals surface area (Å²) < 4.78 is 5.06. The number of hydrogen-bond donors (Lipinski definition) is 0. The van der Waals surface area contributed by atoms with Gasteiger partial charge >= 0.3 is 0 Å². The van der Waals surface area contributed by atoms with E-state index in [4.69, 9.17) is 4.74 Å². The molecule has 0 radical (unpaired) electrons. The van der Waals surface area contributed by atoms with Crippen LogP contribution >= 0.6 is 0 Å². The monoisotopic (exact) mass is 183 g/mol. The molecule has 0 spiro atoms. The highest BCUT2D eigenvalue weighted by Crippen LogP contribution is 2.31. The van der Waals surface area contributed by atoms with Crippen LogP contribution in [0.25, 0.3) is 0 Å².